The van der Waals surface area contributed by atoms with E-state index >= 15 is 0 Å². The van der Waals surface area contributed by atoms with Crippen LogP contribution < -0.4 is 10.1 Å². The highest BCUT2D eigenvalue weighted by molar-refractivity contribution is 6.30. The molecule has 0 aromatic heterocycles. The largest absolute Gasteiger partial charge is 0.478 e. The van der Waals surface area contributed by atoms with Crippen molar-refractivity contribution in [1.29, 1.82) is 0 Å². The summed E-state index contributed by atoms with van der Waals surface area (Å²) in [5, 5.41) is 11.9. The number of amides is 1. The molecule has 0 spiro atoms. The molecule has 0 aliphatic carbocycles. The summed E-state index contributed by atoms with van der Waals surface area (Å²) < 4.78 is 29.6. The van der Waals surface area contributed by atoms with Crippen LogP contribution in [-0.4, -0.2) is 23.6 Å². The minimum atomic E-state index is -2.95. The van der Waals surface area contributed by atoms with E-state index in [0.717, 1.165) is 0 Å². The normalized spacial score (nSPS) is 11.7. The zero-order chi connectivity index (χ0) is 21.4. The fraction of sp³-hybridized carbons (Fsp3) is 0.143. The van der Waals surface area contributed by atoms with Gasteiger partial charge in [-0.1, -0.05) is 29.8 Å². The quantitative estimate of drug-likeness (QED) is 0.542. The van der Waals surface area contributed by atoms with Gasteiger partial charge < -0.3 is 15.2 Å². The molecule has 8 heteroatoms. The summed E-state index contributed by atoms with van der Waals surface area (Å²) in [6, 6.07) is 10.1. The summed E-state index contributed by atoms with van der Waals surface area (Å²) in [5.41, 5.74) is 1.65. The lowest BCUT2D eigenvalue weighted by molar-refractivity contribution is -0.115. The maximum atomic E-state index is 12.5. The fourth-order valence-corrected chi connectivity index (χ4v) is 2.57. The van der Waals surface area contributed by atoms with Gasteiger partial charge in [-0.3, -0.25) is 4.79 Å². The third kappa shape index (κ3) is 7.04. The van der Waals surface area contributed by atoms with Gasteiger partial charge in [0.15, 0.2) is 0 Å². The lowest BCUT2D eigenvalue weighted by atomic mass is 10.1. The average Bonchev–Trinajstić information content (AvgIpc) is 2.66. The summed E-state index contributed by atoms with van der Waals surface area (Å²) in [6.45, 7) is -1.25. The van der Waals surface area contributed by atoms with Crippen LogP contribution in [0.1, 0.15) is 29.3 Å². The second-order valence-electron chi connectivity index (χ2n) is 5.93. The highest BCUT2D eigenvalue weighted by atomic mass is 35.5. The van der Waals surface area contributed by atoms with Crippen molar-refractivity contribution in [1.82, 2.24) is 0 Å². The molecule has 5 nitrogen and oxygen atoms in total. The van der Waals surface area contributed by atoms with Crippen molar-refractivity contribution in [3.05, 3.63) is 76.8 Å². The molecular weight excluding hydrogens is 404 g/mol. The Balaban J connectivity index is 1.98. The molecule has 0 aliphatic heterocycles. The first-order valence-electron chi connectivity index (χ1n) is 8.47. The van der Waals surface area contributed by atoms with Gasteiger partial charge in [-0.15, -0.1) is 0 Å². The number of carbonyl (C=O) groups is 2. The lowest BCUT2D eigenvalue weighted by Crippen LogP contribution is -2.10. The second kappa shape index (κ2) is 10.4. The molecular formula is C21H18ClF2NO4. The van der Waals surface area contributed by atoms with Crippen molar-refractivity contribution >= 4 is 34.7 Å². The van der Waals surface area contributed by atoms with Gasteiger partial charge in [0.1, 0.15) is 5.75 Å². The Bertz CT molecular complexity index is 940. The van der Waals surface area contributed by atoms with Crippen molar-refractivity contribution in [2.45, 2.75) is 20.0 Å². The summed E-state index contributed by atoms with van der Waals surface area (Å²) in [4.78, 5) is 22.8. The number of hydrogen-bond acceptors (Lipinski definition) is 3. The molecule has 2 rings (SSSR count). The van der Waals surface area contributed by atoms with Crippen molar-refractivity contribution in [3.8, 4) is 5.75 Å². The number of benzene rings is 2. The van der Waals surface area contributed by atoms with Gasteiger partial charge >= 0.3 is 12.6 Å². The topological polar surface area (TPSA) is 75.6 Å². The molecule has 0 radical (unpaired) electrons. The van der Waals surface area contributed by atoms with Crippen molar-refractivity contribution < 1.29 is 28.2 Å². The molecule has 1 amide bonds. The van der Waals surface area contributed by atoms with Crippen LogP contribution in [-0.2, 0) is 4.79 Å². The maximum absolute atomic E-state index is 12.5. The fourth-order valence-electron chi connectivity index (χ4n) is 2.39. The highest BCUT2D eigenvalue weighted by Crippen LogP contribution is 2.30. The molecule has 29 heavy (non-hydrogen) atoms. The molecule has 0 heterocycles. The van der Waals surface area contributed by atoms with E-state index in [1.807, 2.05) is 0 Å². The second-order valence-corrected chi connectivity index (χ2v) is 6.37. The minimum Gasteiger partial charge on any atom is -0.478 e. The molecule has 0 aliphatic rings. The first-order chi connectivity index (χ1) is 13.8. The summed E-state index contributed by atoms with van der Waals surface area (Å²) in [6.07, 6.45) is 4.94. The summed E-state index contributed by atoms with van der Waals surface area (Å²) in [5.74, 6) is -1.33. The van der Waals surface area contributed by atoms with E-state index in [9.17, 15) is 18.4 Å². The monoisotopic (exact) mass is 421 g/mol. The number of alkyl halides is 2. The third-order valence-electron chi connectivity index (χ3n) is 3.78. The zero-order valence-corrected chi connectivity index (χ0v) is 16.1. The van der Waals surface area contributed by atoms with Crippen LogP contribution in [0.5, 0.6) is 5.75 Å². The summed E-state index contributed by atoms with van der Waals surface area (Å²) in [7, 11) is 0. The van der Waals surface area contributed by atoms with E-state index in [1.54, 1.807) is 25.2 Å². The number of aromatic carboxylic acids is 1. The predicted octanol–water partition coefficient (Wildman–Crippen LogP) is 5.63. The van der Waals surface area contributed by atoms with Crippen LogP contribution in [0.2, 0.25) is 5.02 Å². The number of carbonyl (C=O) groups excluding carboxylic acids is 1. The Morgan fingerprint density at radius 2 is 1.90 bits per heavy atom. The number of hydrogen-bond donors (Lipinski definition) is 2. The number of rotatable bonds is 8. The maximum Gasteiger partial charge on any atom is 0.387 e. The van der Waals surface area contributed by atoms with Crippen molar-refractivity contribution in [2.75, 3.05) is 5.32 Å². The predicted molar refractivity (Wildman–Crippen MR) is 108 cm³/mol. The van der Waals surface area contributed by atoms with E-state index in [4.69, 9.17) is 16.7 Å². The molecule has 2 N–H and O–H groups in total. The van der Waals surface area contributed by atoms with E-state index in [0.29, 0.717) is 21.8 Å². The molecule has 0 bridgehead atoms. The third-order valence-corrected chi connectivity index (χ3v) is 4.02. The van der Waals surface area contributed by atoms with E-state index < -0.39 is 12.6 Å². The van der Waals surface area contributed by atoms with Crippen LogP contribution in [0.4, 0.5) is 14.5 Å². The smallest absolute Gasteiger partial charge is 0.387 e. The van der Waals surface area contributed by atoms with Gasteiger partial charge in [-0.25, -0.2) is 4.79 Å². The molecule has 152 valence electrons. The first kappa shape index (κ1) is 22.1. The van der Waals surface area contributed by atoms with E-state index in [2.05, 4.69) is 10.1 Å². The molecule has 0 unspecified atom stereocenters. The number of allylic oxidation sites excluding steroid dienone is 3. The Labute approximate surface area is 171 Å². The molecule has 0 atom stereocenters. The first-order valence-corrected chi connectivity index (χ1v) is 8.85. The molecule has 2 aromatic rings. The van der Waals surface area contributed by atoms with Crippen LogP contribution in [0.3, 0.4) is 0 Å². The van der Waals surface area contributed by atoms with Crippen LogP contribution in [0, 0.1) is 0 Å². The van der Waals surface area contributed by atoms with Gasteiger partial charge in [-0.2, -0.15) is 8.78 Å². The van der Waals surface area contributed by atoms with Gasteiger partial charge in [0.25, 0.3) is 0 Å². The number of halogens is 3. The molecule has 0 fully saturated rings. The number of carboxylic acid groups (broad SMARTS) is 1. The van der Waals surface area contributed by atoms with Crippen molar-refractivity contribution in [2.24, 2.45) is 0 Å². The average molecular weight is 422 g/mol. The highest BCUT2D eigenvalue weighted by Gasteiger charge is 2.11. The minimum absolute atomic E-state index is 0.00843. The van der Waals surface area contributed by atoms with E-state index in [-0.39, 0.29) is 23.6 Å². The zero-order valence-electron chi connectivity index (χ0n) is 15.4. The number of nitrogens with one attached hydrogen (secondary N) is 1. The van der Waals surface area contributed by atoms with E-state index in [1.165, 1.54) is 42.5 Å². The van der Waals surface area contributed by atoms with Gasteiger partial charge in [-0.05, 0) is 55.0 Å². The van der Waals surface area contributed by atoms with Gasteiger partial charge in [0, 0.05) is 22.7 Å². The van der Waals surface area contributed by atoms with Crippen LogP contribution in [0.25, 0.3) is 5.57 Å². The van der Waals surface area contributed by atoms with Crippen LogP contribution >= 0.6 is 11.6 Å². The van der Waals surface area contributed by atoms with Crippen molar-refractivity contribution in [3.63, 3.8) is 0 Å². The Morgan fingerprint density at radius 3 is 2.52 bits per heavy atom. The number of anilines is 1. The number of ether oxygens (including phenoxy) is 1. The number of carboxylic acids is 1. The molecule has 0 saturated heterocycles. The lowest BCUT2D eigenvalue weighted by Gasteiger charge is -2.11. The Hall–Kier alpha value is -3.19. The molecule has 0 saturated carbocycles. The SMILES string of the molecule is C/C(=C\C=C\CC(=O)Nc1ccc(C(=O)O)cc1)c1cc(Cl)ccc1OC(F)F. The Morgan fingerprint density at radius 1 is 1.21 bits per heavy atom. The van der Waals surface area contributed by atoms with Gasteiger partial charge in [0.2, 0.25) is 5.91 Å². The van der Waals surface area contributed by atoms with Gasteiger partial charge in [0.05, 0.1) is 5.56 Å². The van der Waals surface area contributed by atoms with Crippen LogP contribution in [0.15, 0.2) is 60.7 Å². The standard InChI is InChI=1S/C21H18ClF2NO4/c1-13(17-12-15(22)8-11-18(17)29-21(23)24)4-2-3-5-19(26)25-16-9-6-14(7-10-16)20(27)28/h2-4,6-12,21H,5H2,1H3,(H,25,26)(H,27,28)/b3-2+,13-4+. The summed E-state index contributed by atoms with van der Waals surface area (Å²) >= 11 is 5.93. The Kier molecular flexibility index (Phi) is 7.91. The molecule has 2 aromatic carbocycles.